The third-order valence-electron chi connectivity index (χ3n) is 6.17. The molecule has 3 aliphatic heterocycles. The average Bonchev–Trinajstić information content (AvgIpc) is 3.41. The summed E-state index contributed by atoms with van der Waals surface area (Å²) in [6, 6.07) is 11.1. The first kappa shape index (κ1) is 18.5. The predicted octanol–water partition coefficient (Wildman–Crippen LogP) is 1.18. The summed E-state index contributed by atoms with van der Waals surface area (Å²) in [6.45, 7) is 6.31. The van der Waals surface area contributed by atoms with Gasteiger partial charge in [-0.25, -0.2) is 0 Å². The molecule has 2 N–H and O–H groups in total. The highest BCUT2D eigenvalue weighted by atomic mass is 16.2. The Bertz CT molecular complexity index is 866. The number of nitriles is 2. The third-order valence-corrected chi connectivity index (χ3v) is 6.17. The van der Waals surface area contributed by atoms with Crippen LogP contribution in [0.2, 0.25) is 0 Å². The van der Waals surface area contributed by atoms with Crippen molar-refractivity contribution in [1.29, 1.82) is 10.5 Å². The number of anilines is 1. The van der Waals surface area contributed by atoms with Gasteiger partial charge in [0, 0.05) is 31.0 Å². The molecular weight excluding hydrogens is 352 g/mol. The molecule has 3 unspecified atom stereocenters. The first-order valence-corrected chi connectivity index (χ1v) is 9.71. The molecule has 0 spiro atoms. The predicted molar refractivity (Wildman–Crippen MR) is 105 cm³/mol. The third kappa shape index (κ3) is 3.03. The lowest BCUT2D eigenvalue weighted by atomic mass is 10.1. The molecule has 0 aromatic heterocycles. The fraction of sp³-hybridized carbons (Fsp3) is 0.476. The van der Waals surface area contributed by atoms with Crippen molar-refractivity contribution in [3.8, 4) is 12.1 Å². The van der Waals surface area contributed by atoms with E-state index in [0.717, 1.165) is 43.7 Å². The van der Waals surface area contributed by atoms with Crippen LogP contribution in [0.5, 0.6) is 0 Å². The molecule has 3 heterocycles. The van der Waals surface area contributed by atoms with Crippen LogP contribution < -0.4 is 10.6 Å². The SMILES string of the molecule is C=C(C(N)CN1C[C@@H]2CC1C(=O)N2c1ccc(C#N)cc1)N1CCCC1C#N. The Hall–Kier alpha value is -2.87. The number of hydrogen-bond acceptors (Lipinski definition) is 6. The Morgan fingerprint density at radius 3 is 2.71 bits per heavy atom. The molecule has 4 atom stereocenters. The topological polar surface area (TPSA) is 100 Å². The van der Waals surface area contributed by atoms with E-state index in [2.05, 4.69) is 23.6 Å². The molecule has 0 radical (unpaired) electrons. The molecule has 28 heavy (non-hydrogen) atoms. The van der Waals surface area contributed by atoms with Crippen molar-refractivity contribution in [2.75, 3.05) is 24.5 Å². The Morgan fingerprint density at radius 1 is 1.32 bits per heavy atom. The summed E-state index contributed by atoms with van der Waals surface area (Å²) >= 11 is 0. The standard InChI is InChI=1S/C21H24N6O/c1-14(26-8-2-3-17(26)11-23)19(24)13-25-12-18-9-20(25)21(28)27(18)16-6-4-15(10-22)5-7-16/h4-7,17-20H,1-3,8-9,12-13,24H2/t17?,18-,19?,20?/m0/s1. The minimum atomic E-state index is -0.288. The maximum Gasteiger partial charge on any atom is 0.244 e. The van der Waals surface area contributed by atoms with Gasteiger partial charge in [0.05, 0.1) is 35.8 Å². The van der Waals surface area contributed by atoms with Gasteiger partial charge in [0.2, 0.25) is 5.91 Å². The van der Waals surface area contributed by atoms with E-state index in [4.69, 9.17) is 11.0 Å². The van der Waals surface area contributed by atoms with Gasteiger partial charge in [0.25, 0.3) is 0 Å². The van der Waals surface area contributed by atoms with Gasteiger partial charge in [0.1, 0.15) is 6.04 Å². The Morgan fingerprint density at radius 2 is 2.07 bits per heavy atom. The number of rotatable bonds is 5. The van der Waals surface area contributed by atoms with Crippen molar-refractivity contribution in [2.24, 2.45) is 5.73 Å². The van der Waals surface area contributed by atoms with Gasteiger partial charge in [-0.05, 0) is 43.5 Å². The van der Waals surface area contributed by atoms with E-state index in [1.807, 2.05) is 21.9 Å². The molecule has 3 aliphatic rings. The van der Waals surface area contributed by atoms with E-state index in [-0.39, 0.29) is 30.1 Å². The maximum absolute atomic E-state index is 12.9. The van der Waals surface area contributed by atoms with Crippen LogP contribution in [0.25, 0.3) is 0 Å². The second-order valence-corrected chi connectivity index (χ2v) is 7.80. The highest BCUT2D eigenvalue weighted by Gasteiger charge is 2.50. The molecule has 144 valence electrons. The molecule has 3 fully saturated rings. The van der Waals surface area contributed by atoms with Gasteiger partial charge in [0.15, 0.2) is 0 Å². The zero-order valence-electron chi connectivity index (χ0n) is 15.8. The Labute approximate surface area is 165 Å². The number of amides is 1. The van der Waals surface area contributed by atoms with Gasteiger partial charge in [-0.15, -0.1) is 0 Å². The van der Waals surface area contributed by atoms with Crippen LogP contribution in [-0.4, -0.2) is 59.5 Å². The van der Waals surface area contributed by atoms with Crippen LogP contribution in [0.1, 0.15) is 24.8 Å². The molecule has 2 bridgehead atoms. The molecule has 1 aromatic rings. The normalized spacial score (nSPS) is 27.7. The fourth-order valence-corrected chi connectivity index (χ4v) is 4.72. The summed E-state index contributed by atoms with van der Waals surface area (Å²) in [6.07, 6.45) is 2.63. The number of piperazine rings is 1. The maximum atomic E-state index is 12.9. The molecule has 4 rings (SSSR count). The van der Waals surface area contributed by atoms with Crippen molar-refractivity contribution in [3.05, 3.63) is 42.1 Å². The number of nitrogens with zero attached hydrogens (tertiary/aromatic N) is 5. The summed E-state index contributed by atoms with van der Waals surface area (Å²) < 4.78 is 0. The smallest absolute Gasteiger partial charge is 0.244 e. The van der Waals surface area contributed by atoms with Gasteiger partial charge in [-0.2, -0.15) is 10.5 Å². The van der Waals surface area contributed by atoms with E-state index >= 15 is 0 Å². The van der Waals surface area contributed by atoms with Crippen LogP contribution in [0.3, 0.4) is 0 Å². The number of hydrogen-bond donors (Lipinski definition) is 1. The van der Waals surface area contributed by atoms with Crippen LogP contribution in [0.4, 0.5) is 5.69 Å². The lowest BCUT2D eigenvalue weighted by Crippen LogP contribution is -2.54. The van der Waals surface area contributed by atoms with Gasteiger partial charge in [-0.1, -0.05) is 6.58 Å². The number of benzene rings is 1. The molecule has 7 heteroatoms. The van der Waals surface area contributed by atoms with Crippen LogP contribution in [0, 0.1) is 22.7 Å². The molecule has 1 aromatic carbocycles. The molecule has 0 aliphatic carbocycles. The van der Waals surface area contributed by atoms with Crippen molar-refractivity contribution >= 4 is 11.6 Å². The zero-order valence-corrected chi connectivity index (χ0v) is 15.8. The quantitative estimate of drug-likeness (QED) is 0.828. The van der Waals surface area contributed by atoms with E-state index < -0.39 is 0 Å². The largest absolute Gasteiger partial charge is 0.358 e. The minimum absolute atomic E-state index is 0.0924. The zero-order chi connectivity index (χ0) is 19.8. The number of likely N-dealkylation sites (tertiary alicyclic amines) is 2. The molecule has 7 nitrogen and oxygen atoms in total. The van der Waals surface area contributed by atoms with Gasteiger partial charge >= 0.3 is 0 Å². The first-order chi connectivity index (χ1) is 13.5. The summed E-state index contributed by atoms with van der Waals surface area (Å²) in [5.41, 5.74) is 8.63. The summed E-state index contributed by atoms with van der Waals surface area (Å²) in [5.74, 6) is 0.0924. The lowest BCUT2D eigenvalue weighted by molar-refractivity contribution is -0.122. The molecule has 0 saturated carbocycles. The van der Waals surface area contributed by atoms with Crippen molar-refractivity contribution < 1.29 is 4.79 Å². The van der Waals surface area contributed by atoms with E-state index in [0.29, 0.717) is 12.1 Å². The second kappa shape index (κ2) is 7.27. The monoisotopic (exact) mass is 376 g/mol. The van der Waals surface area contributed by atoms with Crippen molar-refractivity contribution in [3.63, 3.8) is 0 Å². The minimum Gasteiger partial charge on any atom is -0.358 e. The summed E-state index contributed by atoms with van der Waals surface area (Å²) in [4.78, 5) is 19.0. The van der Waals surface area contributed by atoms with E-state index in [9.17, 15) is 10.1 Å². The number of fused-ring (bicyclic) bond motifs is 2. The van der Waals surface area contributed by atoms with Crippen LogP contribution in [0.15, 0.2) is 36.5 Å². The highest BCUT2D eigenvalue weighted by molar-refractivity contribution is 6.01. The van der Waals surface area contributed by atoms with Crippen LogP contribution in [-0.2, 0) is 4.79 Å². The Kier molecular flexibility index (Phi) is 4.80. The van der Waals surface area contributed by atoms with Gasteiger partial charge < -0.3 is 15.5 Å². The average molecular weight is 376 g/mol. The Balaban J connectivity index is 1.40. The fourth-order valence-electron chi connectivity index (χ4n) is 4.72. The number of carbonyl (C=O) groups is 1. The van der Waals surface area contributed by atoms with E-state index in [1.165, 1.54) is 0 Å². The number of carbonyl (C=O) groups excluding carboxylic acids is 1. The lowest BCUT2D eigenvalue weighted by Gasteiger charge is -2.36. The number of nitrogens with two attached hydrogens (primary N) is 1. The second-order valence-electron chi connectivity index (χ2n) is 7.80. The molecular formula is C21H24N6O. The van der Waals surface area contributed by atoms with Crippen molar-refractivity contribution in [1.82, 2.24) is 9.80 Å². The summed E-state index contributed by atoms with van der Waals surface area (Å²) in [5, 5.41) is 18.2. The van der Waals surface area contributed by atoms with Crippen molar-refractivity contribution in [2.45, 2.75) is 43.4 Å². The first-order valence-electron chi connectivity index (χ1n) is 9.71. The summed E-state index contributed by atoms with van der Waals surface area (Å²) in [7, 11) is 0. The van der Waals surface area contributed by atoms with E-state index in [1.54, 1.807) is 12.1 Å². The van der Waals surface area contributed by atoms with Crippen LogP contribution >= 0.6 is 0 Å². The molecule has 1 amide bonds. The van der Waals surface area contributed by atoms with Gasteiger partial charge in [-0.3, -0.25) is 9.69 Å². The molecule has 3 saturated heterocycles. The highest BCUT2D eigenvalue weighted by Crippen LogP contribution is 2.36.